The molecule has 0 amide bonds. The molecule has 1 rings (SSSR count). The van der Waals surface area contributed by atoms with Crippen molar-refractivity contribution in [1.82, 2.24) is 0 Å². The Balaban J connectivity index is 2.56. The van der Waals surface area contributed by atoms with Crippen molar-refractivity contribution in [1.29, 1.82) is 0 Å². The van der Waals surface area contributed by atoms with E-state index < -0.39 is 14.1 Å². The molecule has 2 N–H and O–H groups in total. The van der Waals surface area contributed by atoms with E-state index in [1.165, 1.54) is 0 Å². The summed E-state index contributed by atoms with van der Waals surface area (Å²) >= 11 is 0. The van der Waals surface area contributed by atoms with Crippen molar-refractivity contribution < 1.29 is 19.5 Å². The Bertz CT molecular complexity index is 325. The fourth-order valence-electron chi connectivity index (χ4n) is 1.77. The van der Waals surface area contributed by atoms with Crippen LogP contribution < -0.4 is 0 Å². The summed E-state index contributed by atoms with van der Waals surface area (Å²) in [6, 6.07) is 0.264. The standard InChI is InChI=1S/C11H18BO4P/c1-2-5-11(17-14,6-7-13)15-8-9-3-4-10(12)16-9/h2,5,9-10,13-14,17H,3-4,8,12H2,1H3/t9-,10+,11?/m0/s1. The van der Waals surface area contributed by atoms with E-state index in [2.05, 4.69) is 5.92 Å². The molecule has 17 heavy (non-hydrogen) atoms. The summed E-state index contributed by atoms with van der Waals surface area (Å²) in [4.78, 5) is 9.36. The van der Waals surface area contributed by atoms with Crippen LogP contribution in [0.15, 0.2) is 12.2 Å². The fraction of sp³-hybridized carbons (Fsp3) is 0.636. The molecular formula is C11H18BO4P. The Hall–Kier alpha value is -0.525. The zero-order valence-electron chi connectivity index (χ0n) is 10.1. The van der Waals surface area contributed by atoms with Crippen molar-refractivity contribution in [3.63, 3.8) is 0 Å². The zero-order chi connectivity index (χ0) is 12.7. The smallest absolute Gasteiger partial charge is 0.190 e. The molecule has 0 spiro atoms. The van der Waals surface area contributed by atoms with E-state index in [0.29, 0.717) is 6.61 Å². The van der Waals surface area contributed by atoms with Crippen molar-refractivity contribution in [3.05, 3.63) is 12.2 Å². The van der Waals surface area contributed by atoms with Gasteiger partial charge in [0.2, 0.25) is 0 Å². The van der Waals surface area contributed by atoms with E-state index >= 15 is 0 Å². The van der Waals surface area contributed by atoms with E-state index in [1.54, 1.807) is 12.2 Å². The van der Waals surface area contributed by atoms with Gasteiger partial charge in [-0.1, -0.05) is 6.08 Å². The molecule has 0 aromatic carbocycles. The van der Waals surface area contributed by atoms with Crippen LogP contribution in [-0.4, -0.2) is 41.9 Å². The van der Waals surface area contributed by atoms with Gasteiger partial charge in [-0.2, -0.15) is 0 Å². The van der Waals surface area contributed by atoms with Gasteiger partial charge < -0.3 is 19.5 Å². The van der Waals surface area contributed by atoms with Crippen LogP contribution in [0.2, 0.25) is 0 Å². The predicted octanol–water partition coefficient (Wildman–Crippen LogP) is 0.333. The second-order valence-corrected chi connectivity index (χ2v) is 5.01. The average Bonchev–Trinajstić information content (AvgIpc) is 2.73. The summed E-state index contributed by atoms with van der Waals surface area (Å²) in [6.45, 7) is 2.18. The lowest BCUT2D eigenvalue weighted by molar-refractivity contribution is -0.0107. The molecule has 0 aliphatic carbocycles. The van der Waals surface area contributed by atoms with E-state index in [9.17, 15) is 4.89 Å². The van der Waals surface area contributed by atoms with Gasteiger partial charge in [-0.25, -0.2) is 0 Å². The first-order valence-corrected chi connectivity index (χ1v) is 6.61. The number of ether oxygens (including phenoxy) is 2. The van der Waals surface area contributed by atoms with Crippen molar-refractivity contribution in [2.75, 3.05) is 6.61 Å². The molecular weight excluding hydrogens is 238 g/mol. The fourth-order valence-corrected chi connectivity index (χ4v) is 2.27. The molecule has 2 unspecified atom stereocenters. The van der Waals surface area contributed by atoms with E-state index in [-0.39, 0.29) is 12.1 Å². The van der Waals surface area contributed by atoms with E-state index in [1.807, 2.05) is 20.9 Å². The Morgan fingerprint density at radius 3 is 2.88 bits per heavy atom. The number of aliphatic hydroxyl groups excluding tert-OH is 1. The lowest BCUT2D eigenvalue weighted by Crippen LogP contribution is -2.28. The average molecular weight is 256 g/mol. The lowest BCUT2D eigenvalue weighted by Gasteiger charge is -2.24. The predicted molar refractivity (Wildman–Crippen MR) is 70.2 cm³/mol. The maximum absolute atomic E-state index is 9.36. The molecule has 94 valence electrons. The summed E-state index contributed by atoms with van der Waals surface area (Å²) in [5.41, 5.74) is 0. The van der Waals surface area contributed by atoms with Gasteiger partial charge in [0.1, 0.15) is 14.0 Å². The molecule has 4 nitrogen and oxygen atoms in total. The Labute approximate surface area is 105 Å². The molecule has 0 aromatic rings. The monoisotopic (exact) mass is 256 g/mol. The van der Waals surface area contributed by atoms with Crippen LogP contribution in [0.1, 0.15) is 19.8 Å². The number of rotatable bonds is 5. The Morgan fingerprint density at radius 1 is 1.65 bits per heavy atom. The quantitative estimate of drug-likeness (QED) is 0.322. The summed E-state index contributed by atoms with van der Waals surface area (Å²) in [7, 11) is 1.48. The third kappa shape index (κ3) is 4.33. The highest BCUT2D eigenvalue weighted by atomic mass is 31.1. The van der Waals surface area contributed by atoms with Crippen LogP contribution in [0.25, 0.3) is 0 Å². The van der Waals surface area contributed by atoms with Gasteiger partial charge in [0.05, 0.1) is 21.5 Å². The van der Waals surface area contributed by atoms with Crippen molar-refractivity contribution in [2.24, 2.45) is 0 Å². The highest BCUT2D eigenvalue weighted by molar-refractivity contribution is 7.33. The van der Waals surface area contributed by atoms with Gasteiger partial charge in [0.15, 0.2) is 5.34 Å². The third-order valence-corrected chi connectivity index (χ3v) is 3.39. The Morgan fingerprint density at radius 2 is 2.41 bits per heavy atom. The van der Waals surface area contributed by atoms with E-state index in [4.69, 9.17) is 14.6 Å². The van der Waals surface area contributed by atoms with Gasteiger partial charge >= 0.3 is 0 Å². The second kappa shape index (κ2) is 7.03. The van der Waals surface area contributed by atoms with Crippen LogP contribution in [0.3, 0.4) is 0 Å². The van der Waals surface area contributed by atoms with Gasteiger partial charge in [-0.05, 0) is 31.8 Å². The molecule has 0 radical (unpaired) electrons. The molecule has 6 heteroatoms. The van der Waals surface area contributed by atoms with Crippen molar-refractivity contribution in [3.8, 4) is 12.0 Å². The molecule has 1 fully saturated rings. The SMILES string of the molecule is B[C@H]1CC[C@@H](COC(C#CO)(C=CC)PO)O1. The number of allylic oxidation sites excluding steroid dienone is 1. The zero-order valence-corrected chi connectivity index (χ0v) is 11.1. The minimum absolute atomic E-state index is 0.0477. The number of hydrogen-bond acceptors (Lipinski definition) is 4. The summed E-state index contributed by atoms with van der Waals surface area (Å²) in [6.07, 6.45) is 7.22. The molecule has 1 aliphatic heterocycles. The molecule has 1 aliphatic rings. The summed E-state index contributed by atoms with van der Waals surface area (Å²) < 4.78 is 11.2. The lowest BCUT2D eigenvalue weighted by atomic mass is 9.97. The largest absolute Gasteiger partial charge is 0.462 e. The third-order valence-electron chi connectivity index (χ3n) is 2.63. The normalized spacial score (nSPS) is 28.4. The minimum atomic E-state index is -1.10. The maximum atomic E-state index is 9.36. The molecule has 1 heterocycles. The van der Waals surface area contributed by atoms with Gasteiger partial charge in [0, 0.05) is 6.00 Å². The summed E-state index contributed by atoms with van der Waals surface area (Å²) in [5, 5.41) is 7.58. The Kier molecular flexibility index (Phi) is 6.01. The number of hydrogen-bond donors (Lipinski definition) is 2. The first kappa shape index (κ1) is 14.5. The van der Waals surface area contributed by atoms with Crippen LogP contribution in [0.4, 0.5) is 0 Å². The first-order valence-electron chi connectivity index (χ1n) is 5.66. The molecule has 0 saturated carbocycles. The first-order chi connectivity index (χ1) is 8.15. The highest BCUT2D eigenvalue weighted by Crippen LogP contribution is 2.32. The molecule has 0 bridgehead atoms. The van der Waals surface area contributed by atoms with Crippen molar-refractivity contribution >= 4 is 16.7 Å². The summed E-state index contributed by atoms with van der Waals surface area (Å²) in [5.74, 6) is 2.49. The molecule has 0 aromatic heterocycles. The second-order valence-electron chi connectivity index (χ2n) is 4.04. The van der Waals surface area contributed by atoms with Crippen molar-refractivity contribution in [2.45, 2.75) is 37.2 Å². The topological polar surface area (TPSA) is 58.9 Å². The van der Waals surface area contributed by atoms with Crippen LogP contribution >= 0.6 is 8.81 Å². The van der Waals surface area contributed by atoms with Crippen LogP contribution in [0, 0.1) is 12.0 Å². The highest BCUT2D eigenvalue weighted by Gasteiger charge is 2.29. The van der Waals surface area contributed by atoms with E-state index in [0.717, 1.165) is 12.8 Å². The molecule has 4 atom stereocenters. The maximum Gasteiger partial charge on any atom is 0.190 e. The van der Waals surface area contributed by atoms with Gasteiger partial charge in [-0.3, -0.25) is 0 Å². The van der Waals surface area contributed by atoms with Crippen LogP contribution in [-0.2, 0) is 9.47 Å². The van der Waals surface area contributed by atoms with Crippen LogP contribution in [0.5, 0.6) is 0 Å². The van der Waals surface area contributed by atoms with Gasteiger partial charge in [0.25, 0.3) is 0 Å². The minimum Gasteiger partial charge on any atom is -0.462 e. The van der Waals surface area contributed by atoms with Gasteiger partial charge in [-0.15, -0.1) is 0 Å². The molecule has 1 saturated heterocycles. The number of aliphatic hydroxyl groups is 1.